The number of benzene rings is 1. The minimum Gasteiger partial charge on any atom is -0.328 e. The maximum Gasteiger partial charge on any atom is 0.319 e. The molecule has 0 aliphatic rings. The summed E-state index contributed by atoms with van der Waals surface area (Å²) in [6, 6.07) is 6.43. The van der Waals surface area contributed by atoms with Gasteiger partial charge in [-0.25, -0.2) is 9.68 Å². The number of carbonyl (C=O) groups excluding carboxylic acids is 2. The fourth-order valence-electron chi connectivity index (χ4n) is 1.14. The number of thioether (sulfide) groups is 1. The molecule has 0 saturated heterocycles. The van der Waals surface area contributed by atoms with Crippen LogP contribution in [0.5, 0.6) is 0 Å². The van der Waals surface area contributed by atoms with Crippen LogP contribution in [0.2, 0.25) is 0 Å². The maximum atomic E-state index is 11.4. The number of carbonyl (C=O) groups is 2. The summed E-state index contributed by atoms with van der Waals surface area (Å²) in [4.78, 5) is 26.0. The summed E-state index contributed by atoms with van der Waals surface area (Å²) in [7, 11) is 0. The molecule has 1 aromatic carbocycles. The summed E-state index contributed by atoms with van der Waals surface area (Å²) in [6.45, 7) is 1.54. The summed E-state index contributed by atoms with van der Waals surface area (Å²) in [6.07, 6.45) is 0. The molecule has 0 spiro atoms. The van der Waals surface area contributed by atoms with Crippen LogP contribution in [0.15, 0.2) is 24.3 Å². The molecule has 1 aromatic rings. The van der Waals surface area contributed by atoms with Gasteiger partial charge in [0.1, 0.15) is 6.61 Å². The minimum atomic E-state index is -0.380. The van der Waals surface area contributed by atoms with Crippen LogP contribution < -0.4 is 10.6 Å². The molecule has 0 unspecified atom stereocenters. The number of hydrogen-bond acceptors (Lipinski definition) is 5. The second-order valence-electron chi connectivity index (χ2n) is 3.38. The zero-order valence-electron chi connectivity index (χ0n) is 9.80. The number of anilines is 1. The predicted octanol–water partition coefficient (Wildman–Crippen LogP) is 2.03. The molecule has 0 aliphatic carbocycles. The zero-order valence-corrected chi connectivity index (χ0v) is 10.6. The molecule has 2 amide bonds. The van der Waals surface area contributed by atoms with Gasteiger partial charge >= 0.3 is 6.03 Å². The van der Waals surface area contributed by atoms with Crippen LogP contribution >= 0.6 is 11.8 Å². The molecule has 0 aliphatic heterocycles. The summed E-state index contributed by atoms with van der Waals surface area (Å²) < 4.78 is 0. The molecule has 0 atom stereocenters. The van der Waals surface area contributed by atoms with Crippen LogP contribution in [0.1, 0.15) is 12.5 Å². The monoisotopic (exact) mass is 270 g/mol. The normalized spacial score (nSPS) is 9.89. The third-order valence-electron chi connectivity index (χ3n) is 1.95. The fourth-order valence-corrected chi connectivity index (χ4v) is 1.54. The number of hydrogen-bond donors (Lipinski definition) is 3. The second-order valence-corrected chi connectivity index (χ2v) is 4.53. The summed E-state index contributed by atoms with van der Waals surface area (Å²) in [5.41, 5.74) is 1.40. The number of amides is 2. The van der Waals surface area contributed by atoms with Gasteiger partial charge in [-0.2, -0.15) is 0 Å². The Labute approximate surface area is 109 Å². The minimum absolute atomic E-state index is 0.0522. The Bertz CT molecular complexity index is 408. The van der Waals surface area contributed by atoms with Gasteiger partial charge in [-0.05, 0) is 17.7 Å². The first-order valence-corrected chi connectivity index (χ1v) is 6.14. The smallest absolute Gasteiger partial charge is 0.319 e. The van der Waals surface area contributed by atoms with E-state index in [2.05, 4.69) is 15.5 Å². The van der Waals surface area contributed by atoms with Gasteiger partial charge in [0, 0.05) is 12.6 Å². The SMILES string of the molecule is CC(=O)SCNC(=O)Nc1ccc(COO)cc1. The lowest BCUT2D eigenvalue weighted by atomic mass is 10.2. The molecule has 0 saturated carbocycles. The van der Waals surface area contributed by atoms with Crippen LogP contribution in [0, 0.1) is 0 Å². The predicted molar refractivity (Wildman–Crippen MR) is 69.2 cm³/mol. The lowest BCUT2D eigenvalue weighted by Gasteiger charge is -2.07. The summed E-state index contributed by atoms with van der Waals surface area (Å²) >= 11 is 1.02. The Kier molecular flexibility index (Phi) is 6.20. The summed E-state index contributed by atoms with van der Waals surface area (Å²) in [5, 5.41) is 13.4. The molecule has 0 aromatic heterocycles. The molecule has 0 radical (unpaired) electrons. The first kappa shape index (κ1) is 14.5. The first-order chi connectivity index (χ1) is 8.61. The van der Waals surface area contributed by atoms with Gasteiger partial charge in [0.05, 0.1) is 5.88 Å². The van der Waals surface area contributed by atoms with Gasteiger partial charge in [-0.1, -0.05) is 23.9 Å². The molecule has 3 N–H and O–H groups in total. The maximum absolute atomic E-state index is 11.4. The highest BCUT2D eigenvalue weighted by Crippen LogP contribution is 2.10. The zero-order chi connectivity index (χ0) is 13.4. The van der Waals surface area contributed by atoms with Gasteiger partial charge in [-0.15, -0.1) is 0 Å². The van der Waals surface area contributed by atoms with E-state index in [1.54, 1.807) is 24.3 Å². The molecule has 1 rings (SSSR count). The molecular formula is C11H14N2O4S. The standard InChI is InChI=1S/C11H14N2O4S/c1-8(14)18-7-12-11(15)13-10-4-2-9(3-5-10)6-17-16/h2-5,16H,6-7H2,1H3,(H2,12,13,15). The topological polar surface area (TPSA) is 87.7 Å². The number of nitrogens with one attached hydrogen (secondary N) is 2. The fraction of sp³-hybridized carbons (Fsp3) is 0.273. The van der Waals surface area contributed by atoms with E-state index in [-0.39, 0.29) is 23.6 Å². The average molecular weight is 270 g/mol. The molecular weight excluding hydrogens is 256 g/mol. The second kappa shape index (κ2) is 7.70. The van der Waals surface area contributed by atoms with Crippen molar-refractivity contribution >= 4 is 28.6 Å². The van der Waals surface area contributed by atoms with E-state index < -0.39 is 0 Å². The molecule has 7 heteroatoms. The van der Waals surface area contributed by atoms with E-state index in [0.29, 0.717) is 5.69 Å². The van der Waals surface area contributed by atoms with Crippen LogP contribution in [0.4, 0.5) is 10.5 Å². The van der Waals surface area contributed by atoms with Crippen molar-refractivity contribution in [3.63, 3.8) is 0 Å². The van der Waals surface area contributed by atoms with Crippen LogP contribution in [-0.4, -0.2) is 22.3 Å². The van der Waals surface area contributed by atoms with Crippen molar-refractivity contribution in [3.05, 3.63) is 29.8 Å². The molecule has 98 valence electrons. The van der Waals surface area contributed by atoms with Crippen LogP contribution in [0.25, 0.3) is 0 Å². The highest BCUT2D eigenvalue weighted by molar-refractivity contribution is 8.13. The van der Waals surface area contributed by atoms with Crippen molar-refractivity contribution in [2.45, 2.75) is 13.5 Å². The van der Waals surface area contributed by atoms with Crippen molar-refractivity contribution < 1.29 is 19.7 Å². The molecule has 0 fully saturated rings. The average Bonchev–Trinajstić information content (AvgIpc) is 2.31. The van der Waals surface area contributed by atoms with Crippen molar-refractivity contribution in [1.29, 1.82) is 0 Å². The Balaban J connectivity index is 2.37. The quantitative estimate of drug-likeness (QED) is 0.433. The van der Waals surface area contributed by atoms with E-state index in [9.17, 15) is 9.59 Å². The van der Waals surface area contributed by atoms with Gasteiger partial charge in [0.15, 0.2) is 5.12 Å². The van der Waals surface area contributed by atoms with Gasteiger partial charge < -0.3 is 10.6 Å². The highest BCUT2D eigenvalue weighted by atomic mass is 32.2. The molecule has 0 bridgehead atoms. The van der Waals surface area contributed by atoms with E-state index in [1.807, 2.05) is 0 Å². The third kappa shape index (κ3) is 5.67. The van der Waals surface area contributed by atoms with Crippen LogP contribution in [0.3, 0.4) is 0 Å². The van der Waals surface area contributed by atoms with Crippen LogP contribution in [-0.2, 0) is 16.3 Å². The Morgan fingerprint density at radius 3 is 2.56 bits per heavy atom. The van der Waals surface area contributed by atoms with Crippen molar-refractivity contribution in [3.8, 4) is 0 Å². The Hall–Kier alpha value is -1.57. The molecule has 18 heavy (non-hydrogen) atoms. The Morgan fingerprint density at radius 1 is 1.33 bits per heavy atom. The lowest BCUT2D eigenvalue weighted by molar-refractivity contribution is -0.253. The lowest BCUT2D eigenvalue weighted by Crippen LogP contribution is -2.28. The Morgan fingerprint density at radius 2 is 2.00 bits per heavy atom. The molecule has 6 nitrogen and oxygen atoms in total. The summed E-state index contributed by atoms with van der Waals surface area (Å²) in [5.74, 6) is 0.234. The number of urea groups is 1. The highest BCUT2D eigenvalue weighted by Gasteiger charge is 2.02. The van der Waals surface area contributed by atoms with Crippen molar-refractivity contribution in [1.82, 2.24) is 5.32 Å². The number of rotatable bonds is 5. The van der Waals surface area contributed by atoms with Gasteiger partial charge in [0.2, 0.25) is 0 Å². The van der Waals surface area contributed by atoms with Crippen molar-refractivity contribution in [2.24, 2.45) is 0 Å². The van der Waals surface area contributed by atoms with E-state index in [1.165, 1.54) is 6.92 Å². The third-order valence-corrected chi connectivity index (χ3v) is 2.65. The van der Waals surface area contributed by atoms with Gasteiger partial charge in [0.25, 0.3) is 0 Å². The van der Waals surface area contributed by atoms with E-state index in [4.69, 9.17) is 5.26 Å². The largest absolute Gasteiger partial charge is 0.328 e. The first-order valence-electron chi connectivity index (χ1n) is 5.15. The van der Waals surface area contributed by atoms with E-state index >= 15 is 0 Å². The van der Waals surface area contributed by atoms with E-state index in [0.717, 1.165) is 17.3 Å². The molecule has 0 heterocycles. The van der Waals surface area contributed by atoms with Crippen molar-refractivity contribution in [2.75, 3.05) is 11.2 Å². The van der Waals surface area contributed by atoms with Gasteiger partial charge in [-0.3, -0.25) is 10.1 Å².